The molecule has 1 aliphatic rings. The molecule has 0 spiro atoms. The smallest absolute Gasteiger partial charge is 0.251 e. The molecule has 1 heterocycles. The van der Waals surface area contributed by atoms with Gasteiger partial charge in [-0.3, -0.25) is 14.5 Å². The summed E-state index contributed by atoms with van der Waals surface area (Å²) >= 11 is 0. The zero-order valence-corrected chi connectivity index (χ0v) is 18.0. The van der Waals surface area contributed by atoms with E-state index in [2.05, 4.69) is 44.7 Å². The molecule has 1 saturated heterocycles. The summed E-state index contributed by atoms with van der Waals surface area (Å²) < 4.78 is 0. The predicted molar refractivity (Wildman–Crippen MR) is 128 cm³/mol. The molecule has 6 nitrogen and oxygen atoms in total. The molecule has 0 radical (unpaired) electrons. The summed E-state index contributed by atoms with van der Waals surface area (Å²) in [6.45, 7) is 4.91. The number of carbonyl (C=O) groups is 2. The minimum Gasteiger partial charge on any atom is -0.369 e. The minimum atomic E-state index is -0.262. The van der Waals surface area contributed by atoms with Crippen LogP contribution in [0.15, 0.2) is 84.9 Å². The molecule has 1 aliphatic heterocycles. The maximum Gasteiger partial charge on any atom is 0.251 e. The van der Waals surface area contributed by atoms with Crippen molar-refractivity contribution in [1.82, 2.24) is 10.2 Å². The number of piperazine rings is 1. The Morgan fingerprint density at radius 1 is 0.750 bits per heavy atom. The van der Waals surface area contributed by atoms with Crippen molar-refractivity contribution in [1.29, 1.82) is 0 Å². The Morgan fingerprint density at radius 2 is 1.38 bits per heavy atom. The fourth-order valence-electron chi connectivity index (χ4n) is 3.82. The van der Waals surface area contributed by atoms with Gasteiger partial charge in [-0.25, -0.2) is 0 Å². The van der Waals surface area contributed by atoms with Gasteiger partial charge in [0.1, 0.15) is 0 Å². The van der Waals surface area contributed by atoms with Crippen molar-refractivity contribution < 1.29 is 9.59 Å². The molecular formula is C26H28N4O2. The quantitative estimate of drug-likeness (QED) is 0.606. The first-order valence-electron chi connectivity index (χ1n) is 10.9. The highest BCUT2D eigenvalue weighted by atomic mass is 16.2. The van der Waals surface area contributed by atoms with Crippen molar-refractivity contribution in [3.05, 3.63) is 96.1 Å². The van der Waals surface area contributed by atoms with Crippen LogP contribution in [0.25, 0.3) is 0 Å². The van der Waals surface area contributed by atoms with Gasteiger partial charge in [0.2, 0.25) is 5.91 Å². The van der Waals surface area contributed by atoms with Gasteiger partial charge >= 0.3 is 0 Å². The van der Waals surface area contributed by atoms with Crippen molar-refractivity contribution >= 4 is 23.2 Å². The molecule has 0 bridgehead atoms. The van der Waals surface area contributed by atoms with Gasteiger partial charge < -0.3 is 15.5 Å². The lowest BCUT2D eigenvalue weighted by Crippen LogP contribution is -2.45. The molecule has 0 atom stereocenters. The average Bonchev–Trinajstić information content (AvgIpc) is 2.85. The molecule has 32 heavy (non-hydrogen) atoms. The van der Waals surface area contributed by atoms with E-state index in [1.54, 1.807) is 24.3 Å². The van der Waals surface area contributed by atoms with Crippen molar-refractivity contribution in [2.45, 2.75) is 6.54 Å². The number of hydrogen-bond acceptors (Lipinski definition) is 4. The first kappa shape index (κ1) is 21.6. The molecule has 6 heteroatoms. The van der Waals surface area contributed by atoms with Crippen molar-refractivity contribution in [3.8, 4) is 0 Å². The maximum absolute atomic E-state index is 12.2. The first-order chi connectivity index (χ1) is 15.7. The Morgan fingerprint density at radius 3 is 2.03 bits per heavy atom. The Bertz CT molecular complexity index is 1010. The second-order valence-corrected chi connectivity index (χ2v) is 7.89. The molecule has 3 aromatic carbocycles. The predicted octanol–water partition coefficient (Wildman–Crippen LogP) is 3.38. The zero-order valence-electron chi connectivity index (χ0n) is 18.0. The van der Waals surface area contributed by atoms with Gasteiger partial charge in [0.25, 0.3) is 5.91 Å². The standard InChI is InChI=1S/C26H28N4O2/c31-25(19-27-26(32)22-9-5-2-6-10-22)28-23-11-13-24(14-12-23)30-17-15-29(16-18-30)20-21-7-3-1-4-8-21/h1-14H,15-20H2,(H,27,32)(H,28,31). The van der Waals surface area contributed by atoms with Crippen LogP contribution in [0.5, 0.6) is 0 Å². The largest absolute Gasteiger partial charge is 0.369 e. The second kappa shape index (κ2) is 10.6. The van der Waals surface area contributed by atoms with Crippen LogP contribution in [0.4, 0.5) is 11.4 Å². The van der Waals surface area contributed by atoms with Crippen molar-refractivity contribution in [3.63, 3.8) is 0 Å². The van der Waals surface area contributed by atoms with Crippen LogP contribution >= 0.6 is 0 Å². The molecule has 1 fully saturated rings. The SMILES string of the molecule is O=C(CNC(=O)c1ccccc1)Nc1ccc(N2CCN(Cc3ccccc3)CC2)cc1. The van der Waals surface area contributed by atoms with Gasteiger partial charge in [-0.05, 0) is 42.0 Å². The lowest BCUT2D eigenvalue weighted by Gasteiger charge is -2.36. The van der Waals surface area contributed by atoms with E-state index in [1.165, 1.54) is 5.56 Å². The number of hydrogen-bond donors (Lipinski definition) is 2. The highest BCUT2D eigenvalue weighted by Gasteiger charge is 2.17. The maximum atomic E-state index is 12.2. The van der Waals surface area contributed by atoms with Crippen LogP contribution in [-0.4, -0.2) is 49.4 Å². The third-order valence-corrected chi connectivity index (χ3v) is 5.58. The number of amides is 2. The normalized spacial score (nSPS) is 14.1. The Balaban J connectivity index is 1.22. The molecule has 164 valence electrons. The molecule has 2 amide bonds. The topological polar surface area (TPSA) is 64.7 Å². The average molecular weight is 429 g/mol. The summed E-state index contributed by atoms with van der Waals surface area (Å²) in [4.78, 5) is 29.1. The highest BCUT2D eigenvalue weighted by molar-refractivity contribution is 5.99. The van der Waals surface area contributed by atoms with E-state index >= 15 is 0 Å². The van der Waals surface area contributed by atoms with Crippen LogP contribution in [-0.2, 0) is 11.3 Å². The third kappa shape index (κ3) is 5.95. The summed E-state index contributed by atoms with van der Waals surface area (Å²) in [5.41, 5.74) is 3.75. The van der Waals surface area contributed by atoms with E-state index in [9.17, 15) is 9.59 Å². The number of carbonyl (C=O) groups excluding carboxylic acids is 2. The molecule has 0 aliphatic carbocycles. The highest BCUT2D eigenvalue weighted by Crippen LogP contribution is 2.20. The van der Waals surface area contributed by atoms with E-state index < -0.39 is 0 Å². The van der Waals surface area contributed by atoms with Crippen molar-refractivity contribution in [2.75, 3.05) is 42.9 Å². The van der Waals surface area contributed by atoms with Gasteiger partial charge in [0.15, 0.2) is 0 Å². The number of anilines is 2. The van der Waals surface area contributed by atoms with Gasteiger partial charge in [-0.1, -0.05) is 48.5 Å². The van der Waals surface area contributed by atoms with Gasteiger partial charge in [0, 0.05) is 49.7 Å². The number of nitrogens with zero attached hydrogens (tertiary/aromatic N) is 2. The van der Waals surface area contributed by atoms with Crippen LogP contribution < -0.4 is 15.5 Å². The minimum absolute atomic E-state index is 0.0706. The van der Waals surface area contributed by atoms with Gasteiger partial charge in [-0.15, -0.1) is 0 Å². The molecule has 0 aromatic heterocycles. The second-order valence-electron chi connectivity index (χ2n) is 7.89. The van der Waals surface area contributed by atoms with Crippen LogP contribution in [0.2, 0.25) is 0 Å². The summed E-state index contributed by atoms with van der Waals surface area (Å²) in [6.07, 6.45) is 0. The van der Waals surface area contributed by atoms with Gasteiger partial charge in [0.05, 0.1) is 6.54 Å². The van der Waals surface area contributed by atoms with E-state index in [1.807, 2.05) is 36.4 Å². The number of nitrogens with one attached hydrogen (secondary N) is 2. The number of rotatable bonds is 7. The number of benzene rings is 3. The van der Waals surface area contributed by atoms with Crippen molar-refractivity contribution in [2.24, 2.45) is 0 Å². The van der Waals surface area contributed by atoms with E-state index in [0.29, 0.717) is 5.56 Å². The van der Waals surface area contributed by atoms with E-state index in [0.717, 1.165) is 44.1 Å². The van der Waals surface area contributed by atoms with Crippen LogP contribution in [0.3, 0.4) is 0 Å². The monoisotopic (exact) mass is 428 g/mol. The molecule has 0 unspecified atom stereocenters. The fourth-order valence-corrected chi connectivity index (χ4v) is 3.82. The lowest BCUT2D eigenvalue weighted by atomic mass is 10.2. The van der Waals surface area contributed by atoms with E-state index in [-0.39, 0.29) is 18.4 Å². The molecule has 0 saturated carbocycles. The summed E-state index contributed by atoms with van der Waals surface area (Å²) in [5, 5.41) is 5.47. The van der Waals surface area contributed by atoms with Crippen LogP contribution in [0, 0.1) is 0 Å². The third-order valence-electron chi connectivity index (χ3n) is 5.58. The zero-order chi connectivity index (χ0) is 22.2. The lowest BCUT2D eigenvalue weighted by molar-refractivity contribution is -0.115. The summed E-state index contributed by atoms with van der Waals surface area (Å²) in [5.74, 6) is -0.515. The Kier molecular flexibility index (Phi) is 7.15. The molecule has 4 rings (SSSR count). The summed E-state index contributed by atoms with van der Waals surface area (Å²) in [6, 6.07) is 27.3. The van der Waals surface area contributed by atoms with E-state index in [4.69, 9.17) is 0 Å². The first-order valence-corrected chi connectivity index (χ1v) is 10.9. The van der Waals surface area contributed by atoms with Crippen LogP contribution in [0.1, 0.15) is 15.9 Å². The molecule has 3 aromatic rings. The van der Waals surface area contributed by atoms with Gasteiger partial charge in [-0.2, -0.15) is 0 Å². The summed E-state index contributed by atoms with van der Waals surface area (Å²) in [7, 11) is 0. The molecule has 2 N–H and O–H groups in total. The molecular weight excluding hydrogens is 400 g/mol. The fraction of sp³-hybridized carbons (Fsp3) is 0.231. The Hall–Kier alpha value is -3.64. The Labute approximate surface area is 188 Å².